The molecule has 0 saturated carbocycles. The molecule has 19 heavy (non-hydrogen) atoms. The van der Waals surface area contributed by atoms with Gasteiger partial charge in [-0.15, -0.1) is 0 Å². The summed E-state index contributed by atoms with van der Waals surface area (Å²) in [6, 6.07) is 9.98. The lowest BCUT2D eigenvalue weighted by molar-refractivity contribution is 0.241. The van der Waals surface area contributed by atoms with E-state index in [1.807, 2.05) is 48.0 Å². The van der Waals surface area contributed by atoms with Gasteiger partial charge in [0.2, 0.25) is 0 Å². The summed E-state index contributed by atoms with van der Waals surface area (Å²) >= 11 is 1.16. The first-order chi connectivity index (χ1) is 9.11. The minimum absolute atomic E-state index is 0.0140. The fourth-order valence-corrected chi connectivity index (χ4v) is 2.41. The van der Waals surface area contributed by atoms with Crippen LogP contribution in [0.3, 0.4) is 0 Å². The smallest absolute Gasteiger partial charge is 0.288 e. The van der Waals surface area contributed by atoms with Gasteiger partial charge in [-0.1, -0.05) is 30.3 Å². The normalized spacial score (nSPS) is 10.5. The fraction of sp³-hybridized carbons (Fsp3) is 0.286. The number of aryl methyl sites for hydroxylation is 1. The van der Waals surface area contributed by atoms with Gasteiger partial charge in [-0.2, -0.15) is 0 Å². The van der Waals surface area contributed by atoms with Gasteiger partial charge < -0.3 is 9.47 Å². The third kappa shape index (κ3) is 3.17. The molecule has 0 spiro atoms. The summed E-state index contributed by atoms with van der Waals surface area (Å²) in [7, 11) is 3.49. The van der Waals surface area contributed by atoms with Crippen molar-refractivity contribution < 1.29 is 4.79 Å². The summed E-state index contributed by atoms with van der Waals surface area (Å²) in [4.78, 5) is 17.9. The number of nitrogens with zero attached hydrogens (tertiary/aromatic N) is 3. The summed E-state index contributed by atoms with van der Waals surface area (Å²) in [5.41, 5.74) is 1.96. The summed E-state index contributed by atoms with van der Waals surface area (Å²) < 4.78 is 1.99. The number of thioether (sulfide) groups is 1. The van der Waals surface area contributed by atoms with E-state index in [0.717, 1.165) is 34.7 Å². The molecule has 0 bridgehead atoms. The van der Waals surface area contributed by atoms with Crippen LogP contribution < -0.4 is 0 Å². The Morgan fingerprint density at radius 1 is 1.32 bits per heavy atom. The molecule has 1 heterocycles. The zero-order valence-corrected chi connectivity index (χ0v) is 12.1. The highest BCUT2D eigenvalue weighted by atomic mass is 32.2. The molecule has 0 radical (unpaired) electrons. The van der Waals surface area contributed by atoms with E-state index < -0.39 is 0 Å². The summed E-state index contributed by atoms with van der Waals surface area (Å²) in [5, 5.41) is 0.722. The maximum atomic E-state index is 11.8. The lowest BCUT2D eigenvalue weighted by Gasteiger charge is -2.09. The number of carbonyl (C=O) groups excluding carboxylic acids is 1. The third-order valence-electron chi connectivity index (χ3n) is 2.69. The van der Waals surface area contributed by atoms with E-state index in [4.69, 9.17) is 0 Å². The van der Waals surface area contributed by atoms with Gasteiger partial charge in [0.25, 0.3) is 5.24 Å². The molecule has 2 aromatic rings. The molecule has 0 fully saturated rings. The van der Waals surface area contributed by atoms with Crippen molar-refractivity contribution in [1.29, 1.82) is 0 Å². The second kappa shape index (κ2) is 5.93. The fourth-order valence-electron chi connectivity index (χ4n) is 1.62. The molecule has 100 valence electrons. The van der Waals surface area contributed by atoms with E-state index in [1.54, 1.807) is 19.0 Å². The predicted molar refractivity (Wildman–Crippen MR) is 78.3 cm³/mol. The molecule has 1 aromatic heterocycles. The summed E-state index contributed by atoms with van der Waals surface area (Å²) in [5.74, 6) is 0. The minimum atomic E-state index is -0.0140. The Labute approximate surface area is 117 Å². The Bertz CT molecular complexity index is 563. The van der Waals surface area contributed by atoms with Crippen molar-refractivity contribution in [2.75, 3.05) is 14.1 Å². The van der Waals surface area contributed by atoms with Crippen LogP contribution in [0.1, 0.15) is 6.92 Å². The SMILES string of the molecule is CCn1cc(-c2ccccc2)nc1SC(=O)N(C)C. The van der Waals surface area contributed by atoms with Crippen molar-refractivity contribution in [3.63, 3.8) is 0 Å². The second-order valence-corrected chi connectivity index (χ2v) is 5.24. The number of hydrogen-bond acceptors (Lipinski definition) is 3. The molecular weight excluding hydrogens is 258 g/mol. The van der Waals surface area contributed by atoms with Crippen LogP contribution in [-0.2, 0) is 6.54 Å². The Kier molecular flexibility index (Phi) is 4.27. The van der Waals surface area contributed by atoms with Crippen LogP contribution in [0.5, 0.6) is 0 Å². The minimum Gasteiger partial charge on any atom is -0.339 e. The average Bonchev–Trinajstić information content (AvgIpc) is 2.82. The number of hydrogen-bond donors (Lipinski definition) is 0. The molecule has 2 rings (SSSR count). The molecule has 1 aromatic carbocycles. The first kappa shape index (κ1) is 13.7. The van der Waals surface area contributed by atoms with Gasteiger partial charge >= 0.3 is 0 Å². The Balaban J connectivity index is 2.30. The first-order valence-corrected chi connectivity index (χ1v) is 6.95. The van der Waals surface area contributed by atoms with Crippen molar-refractivity contribution in [2.45, 2.75) is 18.6 Å². The van der Waals surface area contributed by atoms with Crippen molar-refractivity contribution in [1.82, 2.24) is 14.5 Å². The van der Waals surface area contributed by atoms with Crippen molar-refractivity contribution >= 4 is 17.0 Å². The summed E-state index contributed by atoms with van der Waals surface area (Å²) in [6.45, 7) is 2.84. The number of benzene rings is 1. The maximum absolute atomic E-state index is 11.8. The monoisotopic (exact) mass is 275 g/mol. The summed E-state index contributed by atoms with van der Waals surface area (Å²) in [6.07, 6.45) is 1.99. The number of aromatic nitrogens is 2. The van der Waals surface area contributed by atoms with E-state index >= 15 is 0 Å². The highest BCUT2D eigenvalue weighted by molar-refractivity contribution is 8.13. The Morgan fingerprint density at radius 2 is 2.00 bits per heavy atom. The van der Waals surface area contributed by atoms with Crippen LogP contribution in [-0.4, -0.2) is 33.8 Å². The van der Waals surface area contributed by atoms with Gasteiger partial charge in [0.1, 0.15) is 0 Å². The molecule has 5 heteroatoms. The lowest BCUT2D eigenvalue weighted by atomic mass is 10.2. The number of imidazole rings is 1. The highest BCUT2D eigenvalue weighted by Crippen LogP contribution is 2.25. The third-order valence-corrected chi connectivity index (χ3v) is 3.74. The molecule has 0 unspecified atom stereocenters. The molecule has 0 aliphatic rings. The highest BCUT2D eigenvalue weighted by Gasteiger charge is 2.14. The lowest BCUT2D eigenvalue weighted by Crippen LogP contribution is -2.16. The maximum Gasteiger partial charge on any atom is 0.288 e. The van der Waals surface area contributed by atoms with Gasteiger partial charge in [-0.3, -0.25) is 4.79 Å². The molecular formula is C14H17N3OS. The van der Waals surface area contributed by atoms with Crippen molar-refractivity contribution in [3.8, 4) is 11.3 Å². The molecule has 1 amide bonds. The van der Waals surface area contributed by atoms with E-state index in [9.17, 15) is 4.79 Å². The molecule has 0 saturated heterocycles. The van der Waals surface area contributed by atoms with Crippen molar-refractivity contribution in [3.05, 3.63) is 36.5 Å². The molecule has 0 atom stereocenters. The predicted octanol–water partition coefficient (Wildman–Crippen LogP) is 3.34. The van der Waals surface area contributed by atoms with E-state index in [-0.39, 0.29) is 5.24 Å². The van der Waals surface area contributed by atoms with Crippen LogP contribution >= 0.6 is 11.8 Å². The van der Waals surface area contributed by atoms with E-state index in [0.29, 0.717) is 0 Å². The zero-order valence-electron chi connectivity index (χ0n) is 11.3. The van der Waals surface area contributed by atoms with Gasteiger partial charge in [0, 0.05) is 44.2 Å². The first-order valence-electron chi connectivity index (χ1n) is 6.13. The average molecular weight is 275 g/mol. The molecule has 0 aliphatic carbocycles. The molecule has 0 aliphatic heterocycles. The van der Waals surface area contributed by atoms with Crippen LogP contribution in [0, 0.1) is 0 Å². The number of amides is 1. The van der Waals surface area contributed by atoms with Gasteiger partial charge in [0.15, 0.2) is 5.16 Å². The standard InChI is InChI=1S/C14H17N3OS/c1-4-17-10-12(11-8-6-5-7-9-11)15-13(17)19-14(18)16(2)3/h5-10H,4H2,1-3H3. The quantitative estimate of drug-likeness (QED) is 0.806. The van der Waals surface area contributed by atoms with E-state index in [2.05, 4.69) is 4.98 Å². The number of carbonyl (C=O) groups is 1. The zero-order chi connectivity index (χ0) is 13.8. The Morgan fingerprint density at radius 3 is 2.58 bits per heavy atom. The van der Waals surface area contributed by atoms with Gasteiger partial charge in [0.05, 0.1) is 5.69 Å². The van der Waals surface area contributed by atoms with Crippen LogP contribution in [0.2, 0.25) is 0 Å². The largest absolute Gasteiger partial charge is 0.339 e. The molecule has 4 nitrogen and oxygen atoms in total. The van der Waals surface area contributed by atoms with Crippen LogP contribution in [0.25, 0.3) is 11.3 Å². The van der Waals surface area contributed by atoms with Gasteiger partial charge in [-0.25, -0.2) is 4.98 Å². The van der Waals surface area contributed by atoms with Crippen LogP contribution in [0.15, 0.2) is 41.7 Å². The molecule has 0 N–H and O–H groups in total. The van der Waals surface area contributed by atoms with E-state index in [1.165, 1.54) is 0 Å². The second-order valence-electron chi connectivity index (χ2n) is 4.32. The topological polar surface area (TPSA) is 38.1 Å². The van der Waals surface area contributed by atoms with Crippen molar-refractivity contribution in [2.24, 2.45) is 0 Å². The van der Waals surface area contributed by atoms with Gasteiger partial charge in [-0.05, 0) is 6.92 Å². The Hall–Kier alpha value is -1.75. The number of rotatable bonds is 3. The van der Waals surface area contributed by atoms with Crippen LogP contribution in [0.4, 0.5) is 4.79 Å².